The molecule has 3 aromatic carbocycles. The highest BCUT2D eigenvalue weighted by molar-refractivity contribution is 6.05. The van der Waals surface area contributed by atoms with Crippen molar-refractivity contribution in [2.24, 2.45) is 0 Å². The molecule has 0 aliphatic heterocycles. The molecule has 0 aromatic heterocycles. The molecule has 0 atom stereocenters. The highest BCUT2D eigenvalue weighted by Gasteiger charge is 2.16. The van der Waals surface area contributed by atoms with Crippen molar-refractivity contribution < 1.29 is 23.9 Å². The third kappa shape index (κ3) is 6.27. The number of hydrogen-bond donors (Lipinski definition) is 1. The summed E-state index contributed by atoms with van der Waals surface area (Å²) in [4.78, 5) is 36.7. The van der Waals surface area contributed by atoms with Crippen LogP contribution in [0.2, 0.25) is 0 Å². The van der Waals surface area contributed by atoms with Crippen molar-refractivity contribution >= 4 is 17.8 Å². The number of esters is 1. The van der Waals surface area contributed by atoms with Gasteiger partial charge in [-0.3, -0.25) is 14.9 Å². The Labute approximate surface area is 180 Å². The normalized spacial score (nSPS) is 10.2. The Morgan fingerprint density at radius 1 is 0.806 bits per heavy atom. The van der Waals surface area contributed by atoms with Crippen LogP contribution >= 0.6 is 0 Å². The number of benzene rings is 3. The summed E-state index contributed by atoms with van der Waals surface area (Å²) in [5, 5.41) is 2.21. The van der Waals surface area contributed by atoms with Gasteiger partial charge >= 0.3 is 5.97 Å². The van der Waals surface area contributed by atoms with E-state index in [2.05, 4.69) is 5.32 Å². The number of rotatable bonds is 8. The van der Waals surface area contributed by atoms with Crippen LogP contribution in [0.5, 0.6) is 5.75 Å². The molecule has 0 aliphatic carbocycles. The highest BCUT2D eigenvalue weighted by atomic mass is 16.5. The fourth-order valence-electron chi connectivity index (χ4n) is 3.05. The predicted octanol–water partition coefficient (Wildman–Crippen LogP) is 3.59. The van der Waals surface area contributed by atoms with Crippen molar-refractivity contribution in [2.45, 2.75) is 12.8 Å². The monoisotopic (exact) mass is 417 g/mol. The van der Waals surface area contributed by atoms with Crippen LogP contribution in [0.4, 0.5) is 0 Å². The number of nitrogens with one attached hydrogen (secondary N) is 1. The van der Waals surface area contributed by atoms with Gasteiger partial charge < -0.3 is 9.47 Å². The molecular weight excluding hydrogens is 394 g/mol. The van der Waals surface area contributed by atoms with E-state index >= 15 is 0 Å². The van der Waals surface area contributed by atoms with Gasteiger partial charge in [-0.15, -0.1) is 0 Å². The van der Waals surface area contributed by atoms with Crippen molar-refractivity contribution in [3.8, 4) is 5.75 Å². The van der Waals surface area contributed by atoms with Gasteiger partial charge in [0.05, 0.1) is 12.7 Å². The SMILES string of the molecule is COc1ccc(C(=O)NC(=O)COC(=O)c2ccccc2CCc2ccccc2)cc1. The molecule has 0 fully saturated rings. The Bertz CT molecular complexity index is 1050. The lowest BCUT2D eigenvalue weighted by atomic mass is 10.00. The minimum atomic E-state index is -0.698. The Hall–Kier alpha value is -3.93. The summed E-state index contributed by atoms with van der Waals surface area (Å²) in [6.45, 7) is -0.548. The molecule has 6 heteroatoms. The van der Waals surface area contributed by atoms with E-state index < -0.39 is 24.4 Å². The molecule has 158 valence electrons. The summed E-state index contributed by atoms with van der Waals surface area (Å²) < 4.78 is 10.2. The fourth-order valence-corrected chi connectivity index (χ4v) is 3.05. The van der Waals surface area contributed by atoms with Gasteiger partial charge in [-0.1, -0.05) is 48.5 Å². The van der Waals surface area contributed by atoms with Crippen LogP contribution in [-0.2, 0) is 22.4 Å². The molecule has 3 rings (SSSR count). The lowest BCUT2D eigenvalue weighted by Gasteiger charge is -2.10. The van der Waals surface area contributed by atoms with Crippen molar-refractivity contribution in [1.82, 2.24) is 5.32 Å². The van der Waals surface area contributed by atoms with E-state index in [0.29, 0.717) is 23.3 Å². The summed E-state index contributed by atoms with van der Waals surface area (Å²) >= 11 is 0. The van der Waals surface area contributed by atoms with E-state index in [-0.39, 0.29) is 0 Å². The zero-order valence-electron chi connectivity index (χ0n) is 17.2. The van der Waals surface area contributed by atoms with E-state index in [0.717, 1.165) is 12.0 Å². The molecule has 2 amide bonds. The van der Waals surface area contributed by atoms with E-state index in [1.807, 2.05) is 42.5 Å². The van der Waals surface area contributed by atoms with Crippen LogP contribution in [0, 0.1) is 0 Å². The predicted molar refractivity (Wildman–Crippen MR) is 116 cm³/mol. The van der Waals surface area contributed by atoms with Crippen LogP contribution in [-0.4, -0.2) is 31.5 Å². The molecule has 0 radical (unpaired) electrons. The van der Waals surface area contributed by atoms with Crippen molar-refractivity contribution in [2.75, 3.05) is 13.7 Å². The topological polar surface area (TPSA) is 81.7 Å². The molecule has 3 aromatic rings. The molecule has 0 heterocycles. The van der Waals surface area contributed by atoms with Gasteiger partial charge in [-0.05, 0) is 54.3 Å². The average molecular weight is 417 g/mol. The standard InChI is InChI=1S/C25H23NO5/c1-30-21-15-13-20(14-16-21)24(28)26-23(27)17-31-25(29)22-10-6-5-9-19(22)12-11-18-7-3-2-4-8-18/h2-10,13-16H,11-12,17H2,1H3,(H,26,27,28). The van der Waals surface area contributed by atoms with Crippen molar-refractivity contribution in [3.63, 3.8) is 0 Å². The zero-order valence-corrected chi connectivity index (χ0v) is 17.2. The molecule has 31 heavy (non-hydrogen) atoms. The Balaban J connectivity index is 1.54. The maximum Gasteiger partial charge on any atom is 0.338 e. The number of imide groups is 1. The number of aryl methyl sites for hydroxylation is 2. The average Bonchev–Trinajstić information content (AvgIpc) is 2.82. The third-order valence-corrected chi connectivity index (χ3v) is 4.70. The first-order valence-electron chi connectivity index (χ1n) is 9.84. The molecule has 0 unspecified atom stereocenters. The highest BCUT2D eigenvalue weighted by Crippen LogP contribution is 2.14. The molecule has 0 aliphatic rings. The Morgan fingerprint density at radius 2 is 1.48 bits per heavy atom. The summed E-state index contributed by atoms with van der Waals surface area (Å²) in [5.41, 5.74) is 2.72. The number of methoxy groups -OCH3 is 1. The van der Waals surface area contributed by atoms with E-state index in [1.54, 1.807) is 24.3 Å². The van der Waals surface area contributed by atoms with Crippen molar-refractivity contribution in [3.05, 3.63) is 101 Å². The molecular formula is C25H23NO5. The molecule has 0 saturated carbocycles. The lowest BCUT2D eigenvalue weighted by molar-refractivity contribution is -0.123. The lowest BCUT2D eigenvalue weighted by Crippen LogP contribution is -2.34. The van der Waals surface area contributed by atoms with Crippen molar-refractivity contribution in [1.29, 1.82) is 0 Å². The van der Waals surface area contributed by atoms with Gasteiger partial charge in [0.1, 0.15) is 5.75 Å². The second kappa shape index (κ2) is 10.7. The molecule has 0 saturated heterocycles. The van der Waals surface area contributed by atoms with Crippen LogP contribution in [0.15, 0.2) is 78.9 Å². The first-order chi connectivity index (χ1) is 15.1. The van der Waals surface area contributed by atoms with Gasteiger partial charge in [-0.2, -0.15) is 0 Å². The smallest absolute Gasteiger partial charge is 0.338 e. The van der Waals surface area contributed by atoms with Gasteiger partial charge in [0, 0.05) is 5.56 Å². The minimum absolute atomic E-state index is 0.298. The van der Waals surface area contributed by atoms with Crippen LogP contribution in [0.1, 0.15) is 31.8 Å². The largest absolute Gasteiger partial charge is 0.497 e. The summed E-state index contributed by atoms with van der Waals surface area (Å²) in [6.07, 6.45) is 1.44. The number of carbonyl (C=O) groups excluding carboxylic acids is 3. The number of ether oxygens (including phenoxy) is 2. The summed E-state index contributed by atoms with van der Waals surface area (Å²) in [5.74, 6) is -1.28. The van der Waals surface area contributed by atoms with E-state index in [1.165, 1.54) is 24.8 Å². The third-order valence-electron chi connectivity index (χ3n) is 4.70. The summed E-state index contributed by atoms with van der Waals surface area (Å²) in [6, 6.07) is 23.4. The molecule has 1 N–H and O–H groups in total. The van der Waals surface area contributed by atoms with Crippen LogP contribution in [0.3, 0.4) is 0 Å². The minimum Gasteiger partial charge on any atom is -0.497 e. The number of hydrogen-bond acceptors (Lipinski definition) is 5. The quantitative estimate of drug-likeness (QED) is 0.567. The first-order valence-corrected chi connectivity index (χ1v) is 9.84. The van der Waals surface area contributed by atoms with Crippen LogP contribution in [0.25, 0.3) is 0 Å². The second-order valence-corrected chi connectivity index (χ2v) is 6.82. The maximum absolute atomic E-state index is 12.5. The maximum atomic E-state index is 12.5. The summed E-state index contributed by atoms with van der Waals surface area (Å²) in [7, 11) is 1.52. The van der Waals surface area contributed by atoms with Gasteiger partial charge in [0.25, 0.3) is 11.8 Å². The number of carbonyl (C=O) groups is 3. The molecule has 6 nitrogen and oxygen atoms in total. The molecule has 0 spiro atoms. The fraction of sp³-hybridized carbons (Fsp3) is 0.160. The van der Waals surface area contributed by atoms with Gasteiger partial charge in [-0.25, -0.2) is 4.79 Å². The Morgan fingerprint density at radius 3 is 2.19 bits per heavy atom. The van der Waals surface area contributed by atoms with E-state index in [4.69, 9.17) is 9.47 Å². The second-order valence-electron chi connectivity index (χ2n) is 6.82. The van der Waals surface area contributed by atoms with Gasteiger partial charge in [0.15, 0.2) is 6.61 Å². The van der Waals surface area contributed by atoms with Gasteiger partial charge in [0.2, 0.25) is 0 Å². The molecule has 0 bridgehead atoms. The zero-order chi connectivity index (χ0) is 22.1. The first kappa shape index (κ1) is 21.8. The van der Waals surface area contributed by atoms with E-state index in [9.17, 15) is 14.4 Å². The Kier molecular flexibility index (Phi) is 7.54. The number of amides is 2. The van der Waals surface area contributed by atoms with Crippen LogP contribution < -0.4 is 10.1 Å².